The molecule has 3 rings (SSSR count). The fourth-order valence-corrected chi connectivity index (χ4v) is 4.23. The highest BCUT2D eigenvalue weighted by Crippen LogP contribution is 2.39. The number of carbonyl (C=O) groups is 1. The van der Waals surface area contributed by atoms with Gasteiger partial charge in [-0.25, -0.2) is 9.97 Å². The van der Waals surface area contributed by atoms with Gasteiger partial charge < -0.3 is 11.1 Å². The van der Waals surface area contributed by atoms with Crippen molar-refractivity contribution in [1.82, 2.24) is 15.3 Å². The second kappa shape index (κ2) is 7.58. The Kier molecular flexibility index (Phi) is 5.98. The molecule has 0 radical (unpaired) electrons. The molecule has 0 aliphatic heterocycles. The monoisotopic (exact) mass is 338 g/mol. The molecule has 1 aromatic heterocycles. The Labute approximate surface area is 144 Å². The largest absolute Gasteiger partial charge is 0.349 e. The second-order valence-electron chi connectivity index (χ2n) is 7.16. The standard InChI is InChI=1S/C17H26N4O.ClH/c1-10(2)15-14(8-19-9-20-15)17(22)21-16-11-4-3-5-12(16)7-13(18)6-11;/h8-13,16H,3-7,18H2,1-2H3,(H,21,22);1H. The first kappa shape index (κ1) is 18.1. The predicted molar refractivity (Wildman–Crippen MR) is 92.7 cm³/mol. The summed E-state index contributed by atoms with van der Waals surface area (Å²) < 4.78 is 0. The van der Waals surface area contributed by atoms with E-state index in [9.17, 15) is 4.79 Å². The Morgan fingerprint density at radius 3 is 2.57 bits per heavy atom. The Morgan fingerprint density at radius 2 is 1.96 bits per heavy atom. The van der Waals surface area contributed by atoms with Crippen molar-refractivity contribution in [2.24, 2.45) is 17.6 Å². The van der Waals surface area contributed by atoms with Crippen LogP contribution < -0.4 is 11.1 Å². The molecule has 5 nitrogen and oxygen atoms in total. The molecule has 2 fully saturated rings. The molecule has 1 heterocycles. The van der Waals surface area contributed by atoms with E-state index in [0.717, 1.165) is 18.5 Å². The van der Waals surface area contributed by atoms with E-state index in [1.54, 1.807) is 6.20 Å². The van der Waals surface area contributed by atoms with Crippen LogP contribution in [0.1, 0.15) is 67.9 Å². The third-order valence-electron chi connectivity index (χ3n) is 5.21. The van der Waals surface area contributed by atoms with Crippen molar-refractivity contribution < 1.29 is 4.79 Å². The molecule has 2 bridgehead atoms. The van der Waals surface area contributed by atoms with Gasteiger partial charge >= 0.3 is 0 Å². The van der Waals surface area contributed by atoms with Gasteiger partial charge in [0.05, 0.1) is 11.3 Å². The van der Waals surface area contributed by atoms with Crippen molar-refractivity contribution in [3.63, 3.8) is 0 Å². The molecule has 0 aromatic carbocycles. The molecule has 2 saturated carbocycles. The van der Waals surface area contributed by atoms with E-state index in [1.165, 1.54) is 25.6 Å². The number of nitrogens with one attached hydrogen (secondary N) is 1. The van der Waals surface area contributed by atoms with Crippen LogP contribution >= 0.6 is 12.4 Å². The van der Waals surface area contributed by atoms with Gasteiger partial charge in [-0.05, 0) is 43.4 Å². The Bertz CT molecular complexity index is 537. The van der Waals surface area contributed by atoms with E-state index in [0.29, 0.717) is 23.4 Å². The van der Waals surface area contributed by atoms with Crippen LogP contribution in [0.2, 0.25) is 0 Å². The SMILES string of the molecule is CC(C)c1ncncc1C(=O)NC1C2CCCC1CC(N)C2.Cl. The number of aromatic nitrogens is 2. The van der Waals surface area contributed by atoms with Crippen LogP contribution in [0.25, 0.3) is 0 Å². The number of hydrogen-bond acceptors (Lipinski definition) is 4. The van der Waals surface area contributed by atoms with Crippen molar-refractivity contribution in [2.45, 2.75) is 64.0 Å². The summed E-state index contributed by atoms with van der Waals surface area (Å²) in [5.41, 5.74) is 7.60. The highest BCUT2D eigenvalue weighted by molar-refractivity contribution is 5.95. The summed E-state index contributed by atoms with van der Waals surface area (Å²) in [5.74, 6) is 1.24. The van der Waals surface area contributed by atoms with Gasteiger partial charge in [-0.2, -0.15) is 0 Å². The lowest BCUT2D eigenvalue weighted by Gasteiger charge is -2.45. The average molecular weight is 339 g/mol. The molecular weight excluding hydrogens is 312 g/mol. The lowest BCUT2D eigenvalue weighted by Crippen LogP contribution is -2.53. The highest BCUT2D eigenvalue weighted by atomic mass is 35.5. The van der Waals surface area contributed by atoms with E-state index in [2.05, 4.69) is 15.3 Å². The number of rotatable bonds is 3. The summed E-state index contributed by atoms with van der Waals surface area (Å²) in [4.78, 5) is 21.0. The molecule has 2 unspecified atom stereocenters. The number of fused-ring (bicyclic) bond motifs is 2. The van der Waals surface area contributed by atoms with Gasteiger partial charge in [0.25, 0.3) is 5.91 Å². The minimum Gasteiger partial charge on any atom is -0.349 e. The third kappa shape index (κ3) is 3.83. The third-order valence-corrected chi connectivity index (χ3v) is 5.21. The number of carbonyl (C=O) groups excluding carboxylic acids is 1. The van der Waals surface area contributed by atoms with Crippen LogP contribution in [0.3, 0.4) is 0 Å². The summed E-state index contributed by atoms with van der Waals surface area (Å²) in [6.07, 6.45) is 8.84. The Hall–Kier alpha value is -1.20. The van der Waals surface area contributed by atoms with Gasteiger partial charge in [-0.15, -0.1) is 12.4 Å². The first-order valence-corrected chi connectivity index (χ1v) is 8.42. The molecule has 1 amide bonds. The van der Waals surface area contributed by atoms with E-state index in [1.807, 2.05) is 13.8 Å². The molecule has 0 saturated heterocycles. The maximum atomic E-state index is 12.7. The van der Waals surface area contributed by atoms with Gasteiger partial charge in [-0.3, -0.25) is 4.79 Å². The predicted octanol–water partition coefficient (Wildman–Crippen LogP) is 2.66. The molecule has 128 valence electrons. The van der Waals surface area contributed by atoms with Crippen molar-refractivity contribution in [2.75, 3.05) is 0 Å². The summed E-state index contributed by atoms with van der Waals surface area (Å²) in [6, 6.07) is 0.566. The lowest BCUT2D eigenvalue weighted by molar-refractivity contribution is 0.0754. The molecule has 2 atom stereocenters. The zero-order valence-corrected chi connectivity index (χ0v) is 14.7. The van der Waals surface area contributed by atoms with Crippen LogP contribution in [0.4, 0.5) is 0 Å². The van der Waals surface area contributed by atoms with Crippen molar-refractivity contribution in [3.05, 3.63) is 23.8 Å². The quantitative estimate of drug-likeness (QED) is 0.887. The highest BCUT2D eigenvalue weighted by Gasteiger charge is 2.40. The topological polar surface area (TPSA) is 80.9 Å². The zero-order chi connectivity index (χ0) is 15.7. The molecule has 1 aromatic rings. The van der Waals surface area contributed by atoms with E-state index < -0.39 is 0 Å². The zero-order valence-electron chi connectivity index (χ0n) is 13.9. The molecule has 23 heavy (non-hydrogen) atoms. The van der Waals surface area contributed by atoms with Gasteiger partial charge in [0.15, 0.2) is 0 Å². The first-order valence-electron chi connectivity index (χ1n) is 8.42. The van der Waals surface area contributed by atoms with Crippen LogP contribution in [-0.2, 0) is 0 Å². The van der Waals surface area contributed by atoms with E-state index in [4.69, 9.17) is 5.73 Å². The van der Waals surface area contributed by atoms with Gasteiger partial charge in [0.1, 0.15) is 6.33 Å². The van der Waals surface area contributed by atoms with Crippen LogP contribution in [0, 0.1) is 11.8 Å². The Morgan fingerprint density at radius 1 is 1.30 bits per heavy atom. The van der Waals surface area contributed by atoms with Gasteiger partial charge in [-0.1, -0.05) is 20.3 Å². The number of hydrogen-bond donors (Lipinski definition) is 2. The number of nitrogens with zero attached hydrogens (tertiary/aromatic N) is 2. The normalized spacial score (nSPS) is 29.7. The smallest absolute Gasteiger partial charge is 0.254 e. The summed E-state index contributed by atoms with van der Waals surface area (Å²) in [7, 11) is 0. The Balaban J connectivity index is 0.00000192. The van der Waals surface area contributed by atoms with Crippen molar-refractivity contribution in [1.29, 1.82) is 0 Å². The van der Waals surface area contributed by atoms with E-state index in [-0.39, 0.29) is 30.3 Å². The van der Waals surface area contributed by atoms with Crippen molar-refractivity contribution in [3.8, 4) is 0 Å². The van der Waals surface area contributed by atoms with Crippen LogP contribution in [-0.4, -0.2) is 28.0 Å². The van der Waals surface area contributed by atoms with Crippen molar-refractivity contribution >= 4 is 18.3 Å². The summed E-state index contributed by atoms with van der Waals surface area (Å²) in [6.45, 7) is 4.10. The fraction of sp³-hybridized carbons (Fsp3) is 0.706. The molecule has 6 heteroatoms. The molecule has 3 N–H and O–H groups in total. The summed E-state index contributed by atoms with van der Waals surface area (Å²) >= 11 is 0. The second-order valence-corrected chi connectivity index (χ2v) is 7.16. The molecular formula is C17H27ClN4O. The number of nitrogens with two attached hydrogens (primary N) is 1. The minimum atomic E-state index is -0.0262. The number of halogens is 1. The molecule has 0 spiro atoms. The van der Waals surface area contributed by atoms with Gasteiger partial charge in [0.2, 0.25) is 0 Å². The first-order chi connectivity index (χ1) is 10.6. The maximum Gasteiger partial charge on any atom is 0.254 e. The fourth-order valence-electron chi connectivity index (χ4n) is 4.23. The minimum absolute atomic E-state index is 0. The van der Waals surface area contributed by atoms with Crippen LogP contribution in [0.15, 0.2) is 12.5 Å². The lowest BCUT2D eigenvalue weighted by atomic mass is 9.67. The van der Waals surface area contributed by atoms with E-state index >= 15 is 0 Å². The van der Waals surface area contributed by atoms with Gasteiger partial charge in [0, 0.05) is 18.3 Å². The summed E-state index contributed by atoms with van der Waals surface area (Å²) in [5, 5.41) is 3.28. The number of amides is 1. The average Bonchev–Trinajstić information content (AvgIpc) is 2.48. The molecule has 2 aliphatic rings. The maximum absolute atomic E-state index is 12.7. The van der Waals surface area contributed by atoms with Crippen LogP contribution in [0.5, 0.6) is 0 Å². The molecule has 2 aliphatic carbocycles.